The van der Waals surface area contributed by atoms with Crippen molar-refractivity contribution in [2.24, 2.45) is 0 Å². The summed E-state index contributed by atoms with van der Waals surface area (Å²) in [6.07, 6.45) is 7.43. The molecule has 0 fully saturated rings. The van der Waals surface area contributed by atoms with Crippen LogP contribution in [0.1, 0.15) is 11.3 Å². The molecular weight excluding hydrogens is 212 g/mol. The largest absolute Gasteiger partial charge is 0.352 e. The summed E-state index contributed by atoms with van der Waals surface area (Å²) in [6.45, 7) is 7.18. The van der Waals surface area contributed by atoms with E-state index in [4.69, 9.17) is 0 Å². The van der Waals surface area contributed by atoms with E-state index in [0.29, 0.717) is 0 Å². The van der Waals surface area contributed by atoms with Crippen LogP contribution >= 0.6 is 0 Å². The summed E-state index contributed by atoms with van der Waals surface area (Å²) in [5, 5.41) is 3.28. The molecule has 2 rings (SSSR count). The van der Waals surface area contributed by atoms with Crippen molar-refractivity contribution in [1.29, 1.82) is 0 Å². The highest BCUT2D eigenvalue weighted by atomic mass is 15.2. The van der Waals surface area contributed by atoms with Gasteiger partial charge in [-0.1, -0.05) is 12.1 Å². The smallest absolute Gasteiger partial charge is 0.203 e. The Morgan fingerprint density at radius 2 is 2.29 bits per heavy atom. The topological polar surface area (TPSA) is 42.7 Å². The maximum absolute atomic E-state index is 4.25. The van der Waals surface area contributed by atoms with Gasteiger partial charge < -0.3 is 9.88 Å². The van der Waals surface area contributed by atoms with E-state index in [0.717, 1.165) is 30.3 Å². The van der Waals surface area contributed by atoms with Gasteiger partial charge in [0.05, 0.1) is 0 Å². The quantitative estimate of drug-likeness (QED) is 0.799. The van der Waals surface area contributed by atoms with Crippen molar-refractivity contribution < 1.29 is 0 Å². The summed E-state index contributed by atoms with van der Waals surface area (Å²) in [5.74, 6) is 0.852. The Hall–Kier alpha value is -2.10. The van der Waals surface area contributed by atoms with Crippen LogP contribution in [0.5, 0.6) is 0 Å². The molecule has 4 nitrogen and oxygen atoms in total. The van der Waals surface area contributed by atoms with Gasteiger partial charge in [-0.3, -0.25) is 4.98 Å². The number of nitrogens with zero attached hydrogens (tertiary/aromatic N) is 3. The maximum atomic E-state index is 4.25. The van der Waals surface area contributed by atoms with Gasteiger partial charge in [-0.25, -0.2) is 4.98 Å². The number of pyridine rings is 1. The van der Waals surface area contributed by atoms with E-state index >= 15 is 0 Å². The molecule has 0 saturated heterocycles. The minimum atomic E-state index is 0.724. The zero-order valence-electron chi connectivity index (χ0n) is 9.93. The number of anilines is 1. The summed E-state index contributed by atoms with van der Waals surface area (Å²) in [6, 6.07) is 4.07. The van der Waals surface area contributed by atoms with Crippen LogP contribution in [0.2, 0.25) is 0 Å². The van der Waals surface area contributed by atoms with Gasteiger partial charge in [0.1, 0.15) is 0 Å². The first kappa shape index (κ1) is 11.4. The molecule has 2 aromatic rings. The second-order valence-corrected chi connectivity index (χ2v) is 3.85. The second-order valence-electron chi connectivity index (χ2n) is 3.85. The molecule has 0 aliphatic heterocycles. The van der Waals surface area contributed by atoms with Gasteiger partial charge in [0.2, 0.25) is 5.95 Å². The Kier molecular flexibility index (Phi) is 3.55. The molecule has 0 atom stereocenters. The number of allylic oxidation sites excluding steroid dienone is 1. The van der Waals surface area contributed by atoms with Crippen molar-refractivity contribution in [2.45, 2.75) is 20.0 Å². The first-order valence-corrected chi connectivity index (χ1v) is 5.57. The zero-order valence-corrected chi connectivity index (χ0v) is 9.93. The predicted molar refractivity (Wildman–Crippen MR) is 68.7 cm³/mol. The molecule has 0 spiro atoms. The Labute approximate surface area is 101 Å². The van der Waals surface area contributed by atoms with Crippen LogP contribution in [0, 0.1) is 6.92 Å². The second kappa shape index (κ2) is 5.30. The third-order valence-electron chi connectivity index (χ3n) is 2.46. The molecule has 2 aromatic heterocycles. The summed E-state index contributed by atoms with van der Waals surface area (Å²) < 4.78 is 2.01. The number of hydrogen-bond acceptors (Lipinski definition) is 3. The van der Waals surface area contributed by atoms with Crippen LogP contribution in [-0.2, 0) is 13.1 Å². The number of nitrogens with one attached hydrogen (secondary N) is 1. The van der Waals surface area contributed by atoms with E-state index in [1.165, 1.54) is 0 Å². The summed E-state index contributed by atoms with van der Waals surface area (Å²) in [7, 11) is 0. The van der Waals surface area contributed by atoms with Gasteiger partial charge in [-0.2, -0.15) is 0 Å². The molecule has 0 unspecified atom stereocenters. The fourth-order valence-electron chi connectivity index (χ4n) is 1.55. The Morgan fingerprint density at radius 1 is 1.41 bits per heavy atom. The molecule has 0 bridgehead atoms. The Balaban J connectivity index is 1.99. The van der Waals surface area contributed by atoms with Crippen molar-refractivity contribution in [2.75, 3.05) is 5.32 Å². The number of hydrogen-bond donors (Lipinski definition) is 1. The molecule has 0 amide bonds. The summed E-state index contributed by atoms with van der Waals surface area (Å²) in [4.78, 5) is 8.51. The van der Waals surface area contributed by atoms with Crippen LogP contribution in [0.3, 0.4) is 0 Å². The van der Waals surface area contributed by atoms with Crippen LogP contribution in [-0.4, -0.2) is 14.5 Å². The lowest BCUT2D eigenvalue weighted by atomic mass is 10.2. The minimum absolute atomic E-state index is 0.724. The van der Waals surface area contributed by atoms with Crippen molar-refractivity contribution in [3.63, 3.8) is 0 Å². The third-order valence-corrected chi connectivity index (χ3v) is 2.46. The average molecular weight is 228 g/mol. The molecule has 0 saturated carbocycles. The van der Waals surface area contributed by atoms with Gasteiger partial charge in [-0.15, -0.1) is 6.58 Å². The van der Waals surface area contributed by atoms with E-state index in [9.17, 15) is 0 Å². The Morgan fingerprint density at radius 3 is 3.00 bits per heavy atom. The molecule has 0 aliphatic carbocycles. The molecule has 0 radical (unpaired) electrons. The first-order chi connectivity index (χ1) is 8.29. The van der Waals surface area contributed by atoms with Gasteiger partial charge in [0.15, 0.2) is 0 Å². The van der Waals surface area contributed by atoms with Crippen molar-refractivity contribution >= 4 is 5.95 Å². The third kappa shape index (κ3) is 2.93. The van der Waals surface area contributed by atoms with Crippen LogP contribution in [0.4, 0.5) is 5.95 Å². The lowest BCUT2D eigenvalue weighted by Crippen LogP contribution is -2.06. The lowest BCUT2D eigenvalue weighted by Gasteiger charge is -2.07. The van der Waals surface area contributed by atoms with Gasteiger partial charge in [0, 0.05) is 37.4 Å². The van der Waals surface area contributed by atoms with Crippen LogP contribution < -0.4 is 5.32 Å². The van der Waals surface area contributed by atoms with E-state index in [-0.39, 0.29) is 0 Å². The molecule has 17 heavy (non-hydrogen) atoms. The SMILES string of the molecule is C=CCn1ccnc1NCc1ccc(C)nc1. The van der Waals surface area contributed by atoms with Crippen molar-refractivity contribution in [1.82, 2.24) is 14.5 Å². The predicted octanol–water partition coefficient (Wildman–Crippen LogP) is 2.38. The molecule has 0 aromatic carbocycles. The fourth-order valence-corrected chi connectivity index (χ4v) is 1.55. The highest BCUT2D eigenvalue weighted by molar-refractivity contribution is 5.28. The molecular formula is C13H16N4. The Bertz CT molecular complexity index is 484. The zero-order chi connectivity index (χ0) is 12.1. The number of rotatable bonds is 5. The van der Waals surface area contributed by atoms with E-state index in [1.54, 1.807) is 6.20 Å². The fraction of sp³-hybridized carbons (Fsp3) is 0.231. The van der Waals surface area contributed by atoms with Crippen molar-refractivity contribution in [3.05, 3.63) is 54.6 Å². The molecule has 1 N–H and O–H groups in total. The van der Waals surface area contributed by atoms with Crippen LogP contribution in [0.15, 0.2) is 43.4 Å². The normalized spacial score (nSPS) is 10.2. The monoisotopic (exact) mass is 228 g/mol. The molecule has 0 aliphatic rings. The number of aryl methyl sites for hydroxylation is 1. The highest BCUT2D eigenvalue weighted by Gasteiger charge is 2.00. The van der Waals surface area contributed by atoms with Gasteiger partial charge in [0.25, 0.3) is 0 Å². The van der Waals surface area contributed by atoms with E-state index in [2.05, 4.69) is 27.9 Å². The highest BCUT2D eigenvalue weighted by Crippen LogP contribution is 2.07. The van der Waals surface area contributed by atoms with Crippen molar-refractivity contribution in [3.8, 4) is 0 Å². The van der Waals surface area contributed by atoms with Gasteiger partial charge in [-0.05, 0) is 18.6 Å². The standard InChI is InChI=1S/C13H16N4/c1-3-7-17-8-6-14-13(17)16-10-12-5-4-11(2)15-9-12/h3-6,8-9H,1,7,10H2,2H3,(H,14,16). The maximum Gasteiger partial charge on any atom is 0.203 e. The molecule has 88 valence electrons. The lowest BCUT2D eigenvalue weighted by molar-refractivity contribution is 0.819. The van der Waals surface area contributed by atoms with E-state index < -0.39 is 0 Å². The van der Waals surface area contributed by atoms with Crippen LogP contribution in [0.25, 0.3) is 0 Å². The average Bonchev–Trinajstić information content (AvgIpc) is 2.77. The number of aromatic nitrogens is 3. The van der Waals surface area contributed by atoms with E-state index in [1.807, 2.05) is 36.0 Å². The first-order valence-electron chi connectivity index (χ1n) is 5.57. The summed E-state index contributed by atoms with van der Waals surface area (Å²) >= 11 is 0. The molecule has 4 heteroatoms. The molecule has 2 heterocycles. The summed E-state index contributed by atoms with van der Waals surface area (Å²) in [5.41, 5.74) is 2.17. The number of imidazole rings is 1. The van der Waals surface area contributed by atoms with Gasteiger partial charge >= 0.3 is 0 Å². The minimum Gasteiger partial charge on any atom is -0.352 e.